The minimum absolute atomic E-state index is 0.0112. The lowest BCUT2D eigenvalue weighted by Gasteiger charge is -2.11. The number of hydrogen-bond donors (Lipinski definition) is 1. The predicted octanol–water partition coefficient (Wildman–Crippen LogP) is 4.14. The molecular formula is C19H17FN2O4. The van der Waals surface area contributed by atoms with E-state index in [9.17, 15) is 9.18 Å². The van der Waals surface area contributed by atoms with Gasteiger partial charge in [-0.05, 0) is 31.2 Å². The fourth-order valence-electron chi connectivity index (χ4n) is 2.38. The molecule has 1 aromatic heterocycles. The Morgan fingerprint density at radius 1 is 1.19 bits per heavy atom. The van der Waals surface area contributed by atoms with Gasteiger partial charge >= 0.3 is 0 Å². The molecule has 0 radical (unpaired) electrons. The van der Waals surface area contributed by atoms with Gasteiger partial charge < -0.3 is 19.3 Å². The molecule has 3 rings (SSSR count). The average molecular weight is 356 g/mol. The van der Waals surface area contributed by atoms with Gasteiger partial charge in [-0.25, -0.2) is 4.39 Å². The highest BCUT2D eigenvalue weighted by Gasteiger charge is 2.15. The lowest BCUT2D eigenvalue weighted by Crippen LogP contribution is -2.11. The third kappa shape index (κ3) is 3.83. The van der Waals surface area contributed by atoms with Gasteiger partial charge in [0, 0.05) is 23.4 Å². The summed E-state index contributed by atoms with van der Waals surface area (Å²) < 4.78 is 29.1. The third-order valence-electron chi connectivity index (χ3n) is 3.58. The third-order valence-corrected chi connectivity index (χ3v) is 3.58. The zero-order chi connectivity index (χ0) is 18.5. The molecule has 0 atom stereocenters. The highest BCUT2D eigenvalue weighted by molar-refractivity contribution is 6.02. The molecule has 0 unspecified atom stereocenters. The van der Waals surface area contributed by atoms with E-state index in [1.165, 1.54) is 25.3 Å². The maximum Gasteiger partial charge on any atom is 0.294 e. The molecule has 7 heteroatoms. The number of rotatable bonds is 6. The molecule has 0 spiro atoms. The number of carbonyl (C=O) groups excluding carboxylic acids is 1. The second kappa shape index (κ2) is 7.69. The number of halogens is 1. The summed E-state index contributed by atoms with van der Waals surface area (Å²) in [4.78, 5) is 12.3. The first-order valence-electron chi connectivity index (χ1n) is 7.95. The smallest absolute Gasteiger partial charge is 0.294 e. The summed E-state index contributed by atoms with van der Waals surface area (Å²) in [6.45, 7) is 2.37. The van der Waals surface area contributed by atoms with E-state index in [1.54, 1.807) is 30.3 Å². The number of ether oxygens (including phenoxy) is 2. The second-order valence-corrected chi connectivity index (χ2v) is 5.34. The number of aromatic nitrogens is 1. The van der Waals surface area contributed by atoms with Crippen molar-refractivity contribution in [2.24, 2.45) is 0 Å². The van der Waals surface area contributed by atoms with Crippen molar-refractivity contribution in [1.82, 2.24) is 5.16 Å². The van der Waals surface area contributed by atoms with Crippen LogP contribution in [0.2, 0.25) is 0 Å². The van der Waals surface area contributed by atoms with Gasteiger partial charge in [0.05, 0.1) is 13.7 Å². The van der Waals surface area contributed by atoms with Crippen LogP contribution in [0.5, 0.6) is 11.5 Å². The maximum atomic E-state index is 13.3. The van der Waals surface area contributed by atoms with Crippen LogP contribution in [-0.2, 0) is 0 Å². The van der Waals surface area contributed by atoms with E-state index in [4.69, 9.17) is 14.0 Å². The lowest BCUT2D eigenvalue weighted by atomic mass is 10.1. The SMILES string of the molecule is CCOc1ccc(NC(=O)c2cc(-c3cccc(F)c3)no2)cc1OC. The zero-order valence-corrected chi connectivity index (χ0v) is 14.3. The van der Waals surface area contributed by atoms with Crippen LogP contribution in [0.15, 0.2) is 53.1 Å². The normalized spacial score (nSPS) is 10.4. The van der Waals surface area contributed by atoms with Gasteiger partial charge in [-0.1, -0.05) is 17.3 Å². The molecular weight excluding hydrogens is 339 g/mol. The zero-order valence-electron chi connectivity index (χ0n) is 14.3. The summed E-state index contributed by atoms with van der Waals surface area (Å²) in [6.07, 6.45) is 0. The van der Waals surface area contributed by atoms with Crippen LogP contribution in [0.25, 0.3) is 11.3 Å². The van der Waals surface area contributed by atoms with E-state index < -0.39 is 11.7 Å². The van der Waals surface area contributed by atoms with Gasteiger partial charge in [0.15, 0.2) is 11.5 Å². The molecule has 6 nitrogen and oxygen atoms in total. The van der Waals surface area contributed by atoms with Crippen LogP contribution in [0, 0.1) is 5.82 Å². The number of nitrogens with zero attached hydrogens (tertiary/aromatic N) is 1. The molecule has 0 bridgehead atoms. The molecule has 2 aromatic carbocycles. The molecule has 3 aromatic rings. The van der Waals surface area contributed by atoms with Crippen LogP contribution in [0.3, 0.4) is 0 Å². The van der Waals surface area contributed by atoms with Crippen molar-refractivity contribution in [1.29, 1.82) is 0 Å². The predicted molar refractivity (Wildman–Crippen MR) is 94.0 cm³/mol. The Hall–Kier alpha value is -3.35. The van der Waals surface area contributed by atoms with Crippen LogP contribution < -0.4 is 14.8 Å². The molecule has 0 aliphatic heterocycles. The number of carbonyl (C=O) groups is 1. The van der Waals surface area contributed by atoms with Gasteiger partial charge in [0.25, 0.3) is 5.91 Å². The largest absolute Gasteiger partial charge is 0.493 e. The number of amides is 1. The Kier molecular flexibility index (Phi) is 5.17. The average Bonchev–Trinajstić information content (AvgIpc) is 3.13. The molecule has 0 saturated heterocycles. The van der Waals surface area contributed by atoms with Gasteiger partial charge in [0.1, 0.15) is 11.5 Å². The summed E-state index contributed by atoms with van der Waals surface area (Å²) >= 11 is 0. The Morgan fingerprint density at radius 2 is 2.04 bits per heavy atom. The Balaban J connectivity index is 1.76. The molecule has 0 fully saturated rings. The van der Waals surface area contributed by atoms with Gasteiger partial charge in [0.2, 0.25) is 5.76 Å². The molecule has 1 N–H and O–H groups in total. The Morgan fingerprint density at radius 3 is 2.77 bits per heavy atom. The van der Waals surface area contributed by atoms with E-state index in [-0.39, 0.29) is 5.76 Å². The first-order valence-corrected chi connectivity index (χ1v) is 7.95. The number of anilines is 1. The fraction of sp³-hybridized carbons (Fsp3) is 0.158. The molecule has 134 valence electrons. The fourth-order valence-corrected chi connectivity index (χ4v) is 2.38. The van der Waals surface area contributed by atoms with E-state index in [1.807, 2.05) is 6.92 Å². The first-order chi connectivity index (χ1) is 12.6. The van der Waals surface area contributed by atoms with E-state index in [0.29, 0.717) is 35.1 Å². The number of benzene rings is 2. The van der Waals surface area contributed by atoms with Gasteiger partial charge in [-0.15, -0.1) is 0 Å². The first kappa shape index (κ1) is 17.5. The van der Waals surface area contributed by atoms with Gasteiger partial charge in [-0.2, -0.15) is 0 Å². The van der Waals surface area contributed by atoms with Crippen molar-refractivity contribution < 1.29 is 23.2 Å². The minimum atomic E-state index is -0.480. The van der Waals surface area contributed by atoms with Gasteiger partial charge in [-0.3, -0.25) is 4.79 Å². The van der Waals surface area contributed by atoms with Crippen molar-refractivity contribution in [3.05, 3.63) is 60.1 Å². The number of methoxy groups -OCH3 is 1. The van der Waals surface area contributed by atoms with E-state index in [2.05, 4.69) is 10.5 Å². The molecule has 26 heavy (non-hydrogen) atoms. The molecule has 1 amide bonds. The molecule has 0 saturated carbocycles. The van der Waals surface area contributed by atoms with E-state index >= 15 is 0 Å². The number of hydrogen-bond acceptors (Lipinski definition) is 5. The Bertz CT molecular complexity index is 923. The van der Waals surface area contributed by atoms with Crippen LogP contribution in [0.1, 0.15) is 17.5 Å². The maximum absolute atomic E-state index is 13.3. The van der Waals surface area contributed by atoms with Crippen molar-refractivity contribution in [2.45, 2.75) is 6.92 Å². The topological polar surface area (TPSA) is 73.6 Å². The van der Waals surface area contributed by atoms with Crippen molar-refractivity contribution in [2.75, 3.05) is 19.0 Å². The summed E-state index contributed by atoms with van der Waals surface area (Å²) in [7, 11) is 1.52. The highest BCUT2D eigenvalue weighted by atomic mass is 19.1. The van der Waals surface area contributed by atoms with Crippen molar-refractivity contribution in [3.63, 3.8) is 0 Å². The van der Waals surface area contributed by atoms with E-state index in [0.717, 1.165) is 0 Å². The monoisotopic (exact) mass is 356 g/mol. The highest BCUT2D eigenvalue weighted by Crippen LogP contribution is 2.30. The summed E-state index contributed by atoms with van der Waals surface area (Å²) in [6, 6.07) is 12.4. The van der Waals surface area contributed by atoms with Crippen LogP contribution in [-0.4, -0.2) is 24.8 Å². The summed E-state index contributed by atoms with van der Waals surface area (Å²) in [5.74, 6) is 0.227. The molecule has 1 heterocycles. The quantitative estimate of drug-likeness (QED) is 0.718. The van der Waals surface area contributed by atoms with Crippen LogP contribution in [0.4, 0.5) is 10.1 Å². The molecule has 0 aliphatic rings. The Labute approximate surface area is 149 Å². The minimum Gasteiger partial charge on any atom is -0.493 e. The summed E-state index contributed by atoms with van der Waals surface area (Å²) in [5, 5.41) is 6.51. The second-order valence-electron chi connectivity index (χ2n) is 5.34. The standard InChI is InChI=1S/C19H17FN2O4/c1-3-25-16-8-7-14(10-17(16)24-2)21-19(23)18-11-15(22-26-18)12-5-4-6-13(20)9-12/h4-11H,3H2,1-2H3,(H,21,23). The van der Waals surface area contributed by atoms with Crippen molar-refractivity contribution in [3.8, 4) is 22.8 Å². The lowest BCUT2D eigenvalue weighted by molar-refractivity contribution is 0.0988. The summed E-state index contributed by atoms with van der Waals surface area (Å²) in [5.41, 5.74) is 1.41. The molecule has 0 aliphatic carbocycles. The van der Waals surface area contributed by atoms with Crippen molar-refractivity contribution >= 4 is 11.6 Å². The van der Waals surface area contributed by atoms with Crippen LogP contribution >= 0.6 is 0 Å². The number of nitrogens with one attached hydrogen (secondary N) is 1.